The molecule has 0 aliphatic carbocycles. The van der Waals surface area contributed by atoms with Crippen molar-refractivity contribution in [3.63, 3.8) is 0 Å². The van der Waals surface area contributed by atoms with Crippen LogP contribution in [0.1, 0.15) is 19.3 Å². The molecule has 1 aromatic carbocycles. The van der Waals surface area contributed by atoms with Gasteiger partial charge in [0, 0.05) is 31.1 Å². The lowest BCUT2D eigenvalue weighted by molar-refractivity contribution is -0.115. The van der Waals surface area contributed by atoms with E-state index in [0.29, 0.717) is 11.4 Å². The van der Waals surface area contributed by atoms with E-state index in [2.05, 4.69) is 5.32 Å². The molecule has 1 aliphatic heterocycles. The highest BCUT2D eigenvalue weighted by atomic mass is 35.5. The molecule has 1 heterocycles. The van der Waals surface area contributed by atoms with Crippen molar-refractivity contribution in [2.45, 2.75) is 19.3 Å². The molecular formula is C13H16ClFN2O. The number of halogens is 2. The lowest BCUT2D eigenvalue weighted by Gasteiger charge is -2.18. The van der Waals surface area contributed by atoms with Crippen molar-refractivity contribution < 1.29 is 9.18 Å². The molecule has 1 fully saturated rings. The number of amides is 1. The normalized spacial score (nSPS) is 14.9. The highest BCUT2D eigenvalue weighted by Gasteiger charge is 2.16. The molecule has 0 bridgehead atoms. The zero-order valence-electron chi connectivity index (χ0n) is 10.1. The SMILES string of the molecule is O=C(CCCl)Nc1ccc(N2CCCC2)c(F)c1. The van der Waals surface area contributed by atoms with Gasteiger partial charge < -0.3 is 10.2 Å². The Bertz CT molecular complexity index is 433. The standard InChI is InChI=1S/C13H16ClFN2O/c14-6-5-13(18)16-10-3-4-12(11(15)9-10)17-7-1-2-8-17/h3-4,9H,1-2,5-8H2,(H,16,18). The number of hydrogen-bond donors (Lipinski definition) is 1. The minimum Gasteiger partial charge on any atom is -0.369 e. The summed E-state index contributed by atoms with van der Waals surface area (Å²) in [5.41, 5.74) is 1.09. The maximum atomic E-state index is 13.9. The van der Waals surface area contributed by atoms with Gasteiger partial charge in [0.05, 0.1) is 5.69 Å². The summed E-state index contributed by atoms with van der Waals surface area (Å²) in [4.78, 5) is 13.4. The maximum Gasteiger partial charge on any atom is 0.225 e. The van der Waals surface area contributed by atoms with Crippen LogP contribution in [0.15, 0.2) is 18.2 Å². The molecule has 3 nitrogen and oxygen atoms in total. The van der Waals surface area contributed by atoms with Crippen molar-refractivity contribution in [1.82, 2.24) is 0 Å². The first-order valence-electron chi connectivity index (χ1n) is 6.11. The van der Waals surface area contributed by atoms with Crippen molar-refractivity contribution in [2.75, 3.05) is 29.2 Å². The van der Waals surface area contributed by atoms with Gasteiger partial charge in [-0.15, -0.1) is 11.6 Å². The molecule has 1 aliphatic rings. The van der Waals surface area contributed by atoms with Gasteiger partial charge in [-0.2, -0.15) is 0 Å². The van der Waals surface area contributed by atoms with Crippen molar-refractivity contribution >= 4 is 28.9 Å². The Labute approximate surface area is 111 Å². The van der Waals surface area contributed by atoms with E-state index < -0.39 is 0 Å². The fourth-order valence-electron chi connectivity index (χ4n) is 2.11. The quantitative estimate of drug-likeness (QED) is 0.853. The Morgan fingerprint density at radius 3 is 2.72 bits per heavy atom. The number of carbonyl (C=O) groups excluding carboxylic acids is 1. The number of nitrogens with one attached hydrogen (secondary N) is 1. The van der Waals surface area contributed by atoms with Crippen LogP contribution in [0.5, 0.6) is 0 Å². The van der Waals surface area contributed by atoms with E-state index >= 15 is 0 Å². The highest BCUT2D eigenvalue weighted by Crippen LogP contribution is 2.26. The Morgan fingerprint density at radius 2 is 2.11 bits per heavy atom. The summed E-state index contributed by atoms with van der Waals surface area (Å²) in [5.74, 6) is -0.223. The second-order valence-corrected chi connectivity index (χ2v) is 4.73. The van der Waals surface area contributed by atoms with E-state index in [0.717, 1.165) is 25.9 Å². The number of carbonyl (C=O) groups is 1. The van der Waals surface area contributed by atoms with Gasteiger partial charge in [-0.05, 0) is 31.0 Å². The topological polar surface area (TPSA) is 32.3 Å². The molecule has 1 N–H and O–H groups in total. The summed E-state index contributed by atoms with van der Waals surface area (Å²) in [6, 6.07) is 4.81. The van der Waals surface area contributed by atoms with Gasteiger partial charge in [-0.3, -0.25) is 4.79 Å². The van der Waals surface area contributed by atoms with Crippen LogP contribution in [0.25, 0.3) is 0 Å². The zero-order valence-corrected chi connectivity index (χ0v) is 10.8. The second-order valence-electron chi connectivity index (χ2n) is 4.35. The molecular weight excluding hydrogens is 255 g/mol. The summed E-state index contributed by atoms with van der Waals surface area (Å²) in [6.07, 6.45) is 2.44. The van der Waals surface area contributed by atoms with Crippen LogP contribution in [-0.2, 0) is 4.79 Å². The minimum absolute atomic E-state index is 0.196. The predicted molar refractivity (Wildman–Crippen MR) is 71.8 cm³/mol. The first-order chi connectivity index (χ1) is 8.70. The molecule has 18 heavy (non-hydrogen) atoms. The lowest BCUT2D eigenvalue weighted by atomic mass is 10.2. The zero-order chi connectivity index (χ0) is 13.0. The number of anilines is 2. The third-order valence-corrected chi connectivity index (χ3v) is 3.19. The lowest BCUT2D eigenvalue weighted by Crippen LogP contribution is -2.19. The molecule has 2 rings (SSSR count). The molecule has 0 unspecified atom stereocenters. The van der Waals surface area contributed by atoms with Crippen LogP contribution in [-0.4, -0.2) is 24.9 Å². The third-order valence-electron chi connectivity index (χ3n) is 3.00. The van der Waals surface area contributed by atoms with Crippen LogP contribution in [0, 0.1) is 5.82 Å². The van der Waals surface area contributed by atoms with Gasteiger partial charge >= 0.3 is 0 Å². The molecule has 0 saturated carbocycles. The molecule has 0 spiro atoms. The third kappa shape index (κ3) is 3.13. The Hall–Kier alpha value is -1.29. The number of alkyl halides is 1. The fourth-order valence-corrected chi connectivity index (χ4v) is 2.28. The van der Waals surface area contributed by atoms with Gasteiger partial charge in [0.1, 0.15) is 5.82 Å². The molecule has 5 heteroatoms. The Morgan fingerprint density at radius 1 is 1.39 bits per heavy atom. The molecule has 1 aromatic rings. The van der Waals surface area contributed by atoms with Crippen molar-refractivity contribution in [1.29, 1.82) is 0 Å². The van der Waals surface area contributed by atoms with Crippen molar-refractivity contribution in [3.8, 4) is 0 Å². The number of nitrogens with zero attached hydrogens (tertiary/aromatic N) is 1. The second kappa shape index (κ2) is 6.05. The summed E-state index contributed by atoms with van der Waals surface area (Å²) in [6.45, 7) is 1.80. The Balaban J connectivity index is 2.07. The van der Waals surface area contributed by atoms with Gasteiger partial charge in [-0.1, -0.05) is 0 Å². The molecule has 0 atom stereocenters. The molecule has 0 aromatic heterocycles. The van der Waals surface area contributed by atoms with Gasteiger partial charge in [0.15, 0.2) is 0 Å². The average Bonchev–Trinajstić information content (AvgIpc) is 2.82. The molecule has 98 valence electrons. The molecule has 1 amide bonds. The van der Waals surface area contributed by atoms with E-state index in [4.69, 9.17) is 11.6 Å². The van der Waals surface area contributed by atoms with Crippen molar-refractivity contribution in [2.24, 2.45) is 0 Å². The van der Waals surface area contributed by atoms with E-state index in [1.54, 1.807) is 12.1 Å². The monoisotopic (exact) mass is 270 g/mol. The number of benzene rings is 1. The van der Waals surface area contributed by atoms with Gasteiger partial charge in [0.25, 0.3) is 0 Å². The number of hydrogen-bond acceptors (Lipinski definition) is 2. The van der Waals surface area contributed by atoms with E-state index in [9.17, 15) is 9.18 Å². The minimum atomic E-state index is -0.291. The number of rotatable bonds is 4. The summed E-state index contributed by atoms with van der Waals surface area (Å²) in [7, 11) is 0. The fraction of sp³-hybridized carbons (Fsp3) is 0.462. The van der Waals surface area contributed by atoms with Crippen LogP contribution >= 0.6 is 11.6 Å². The van der Waals surface area contributed by atoms with E-state index in [1.165, 1.54) is 6.07 Å². The van der Waals surface area contributed by atoms with Gasteiger partial charge in [0.2, 0.25) is 5.91 Å². The van der Waals surface area contributed by atoms with Crippen LogP contribution in [0.4, 0.5) is 15.8 Å². The van der Waals surface area contributed by atoms with E-state index in [1.807, 2.05) is 4.90 Å². The molecule has 1 saturated heterocycles. The summed E-state index contributed by atoms with van der Waals surface area (Å²) < 4.78 is 13.9. The van der Waals surface area contributed by atoms with Crippen LogP contribution in [0.3, 0.4) is 0 Å². The maximum absolute atomic E-state index is 13.9. The Kier molecular flexibility index (Phi) is 4.42. The predicted octanol–water partition coefficient (Wildman–Crippen LogP) is 2.99. The van der Waals surface area contributed by atoms with E-state index in [-0.39, 0.29) is 24.0 Å². The largest absolute Gasteiger partial charge is 0.369 e. The van der Waals surface area contributed by atoms with Crippen LogP contribution in [0.2, 0.25) is 0 Å². The summed E-state index contributed by atoms with van der Waals surface area (Å²) >= 11 is 5.46. The first-order valence-corrected chi connectivity index (χ1v) is 6.64. The molecule has 0 radical (unpaired) electrons. The summed E-state index contributed by atoms with van der Waals surface area (Å²) in [5, 5.41) is 2.62. The van der Waals surface area contributed by atoms with Gasteiger partial charge in [-0.25, -0.2) is 4.39 Å². The smallest absolute Gasteiger partial charge is 0.225 e. The first kappa shape index (κ1) is 13.1. The highest BCUT2D eigenvalue weighted by molar-refractivity contribution is 6.19. The van der Waals surface area contributed by atoms with Crippen molar-refractivity contribution in [3.05, 3.63) is 24.0 Å². The average molecular weight is 271 g/mol. The van der Waals surface area contributed by atoms with Crippen LogP contribution < -0.4 is 10.2 Å².